The highest BCUT2D eigenvalue weighted by molar-refractivity contribution is 7.17. The van der Waals surface area contributed by atoms with E-state index in [1.165, 1.54) is 29.3 Å². The first kappa shape index (κ1) is 23.2. The van der Waals surface area contributed by atoms with E-state index in [0.29, 0.717) is 21.5 Å². The lowest BCUT2D eigenvalue weighted by molar-refractivity contribution is -0.116. The van der Waals surface area contributed by atoms with Gasteiger partial charge in [-0.05, 0) is 41.0 Å². The number of nitrogens with zero attached hydrogens (tertiary/aromatic N) is 2. The molecule has 0 fully saturated rings. The standard InChI is InChI=1S/C28H21N3O4S/c1-35-28(34)21-11-13-22(14-12-21)30-24(32)15-31-17-29-26-25(27(31)33)23(16-36-26)20-9-7-19(8-10-20)18-5-3-2-4-6-18/h2-14,16-17H,15H2,1H3,(H,30,32). The molecule has 0 aliphatic rings. The van der Waals surface area contributed by atoms with E-state index in [2.05, 4.69) is 27.2 Å². The molecule has 0 atom stereocenters. The summed E-state index contributed by atoms with van der Waals surface area (Å²) in [6, 6.07) is 24.4. The van der Waals surface area contributed by atoms with Crippen LogP contribution in [0.25, 0.3) is 32.5 Å². The number of ether oxygens (including phenoxy) is 1. The van der Waals surface area contributed by atoms with Crippen LogP contribution in [-0.2, 0) is 16.1 Å². The fourth-order valence-electron chi connectivity index (χ4n) is 3.93. The van der Waals surface area contributed by atoms with Gasteiger partial charge in [-0.25, -0.2) is 9.78 Å². The minimum absolute atomic E-state index is 0.192. The summed E-state index contributed by atoms with van der Waals surface area (Å²) in [5, 5.41) is 5.15. The largest absolute Gasteiger partial charge is 0.465 e. The highest BCUT2D eigenvalue weighted by Crippen LogP contribution is 2.32. The van der Waals surface area contributed by atoms with Crippen molar-refractivity contribution in [2.24, 2.45) is 0 Å². The normalized spacial score (nSPS) is 10.8. The van der Waals surface area contributed by atoms with Gasteiger partial charge in [0.15, 0.2) is 0 Å². The van der Waals surface area contributed by atoms with Gasteiger partial charge in [-0.1, -0.05) is 54.6 Å². The molecule has 3 aromatic carbocycles. The first-order chi connectivity index (χ1) is 17.5. The number of benzene rings is 3. The van der Waals surface area contributed by atoms with E-state index in [0.717, 1.165) is 22.3 Å². The Balaban J connectivity index is 1.38. The van der Waals surface area contributed by atoms with Crippen LogP contribution in [0.1, 0.15) is 10.4 Å². The number of carbonyl (C=O) groups excluding carboxylic acids is 2. The van der Waals surface area contributed by atoms with E-state index in [1.807, 2.05) is 47.8 Å². The van der Waals surface area contributed by atoms with Gasteiger partial charge < -0.3 is 10.1 Å². The molecular formula is C28H21N3O4S. The zero-order chi connectivity index (χ0) is 25.1. The maximum absolute atomic E-state index is 13.3. The number of amides is 1. The summed E-state index contributed by atoms with van der Waals surface area (Å²) in [6.07, 6.45) is 1.39. The Bertz CT molecular complexity index is 1610. The van der Waals surface area contributed by atoms with Gasteiger partial charge in [0.2, 0.25) is 5.91 Å². The number of nitrogens with one attached hydrogen (secondary N) is 1. The number of hydrogen-bond acceptors (Lipinski definition) is 6. The van der Waals surface area contributed by atoms with Crippen LogP contribution in [-0.4, -0.2) is 28.5 Å². The number of methoxy groups -OCH3 is 1. The van der Waals surface area contributed by atoms with E-state index >= 15 is 0 Å². The minimum Gasteiger partial charge on any atom is -0.465 e. The monoisotopic (exact) mass is 495 g/mol. The third-order valence-corrected chi connectivity index (χ3v) is 6.65. The Morgan fingerprint density at radius 1 is 0.917 bits per heavy atom. The van der Waals surface area contributed by atoms with Crippen LogP contribution < -0.4 is 10.9 Å². The molecule has 7 nitrogen and oxygen atoms in total. The molecule has 2 heterocycles. The van der Waals surface area contributed by atoms with Crippen molar-refractivity contribution in [3.05, 3.63) is 106 Å². The van der Waals surface area contributed by atoms with Crippen molar-refractivity contribution in [3.63, 3.8) is 0 Å². The summed E-state index contributed by atoms with van der Waals surface area (Å²) in [6.45, 7) is -0.192. The molecule has 0 bridgehead atoms. The number of rotatable bonds is 6. The fourth-order valence-corrected chi connectivity index (χ4v) is 4.83. The summed E-state index contributed by atoms with van der Waals surface area (Å²) >= 11 is 1.40. The first-order valence-electron chi connectivity index (χ1n) is 11.1. The van der Waals surface area contributed by atoms with E-state index in [-0.39, 0.29) is 18.0 Å². The van der Waals surface area contributed by atoms with Crippen molar-refractivity contribution in [2.75, 3.05) is 12.4 Å². The van der Waals surface area contributed by atoms with E-state index in [1.54, 1.807) is 24.3 Å². The number of fused-ring (bicyclic) bond motifs is 1. The molecule has 0 spiro atoms. The van der Waals surface area contributed by atoms with Gasteiger partial charge in [0.05, 0.1) is 24.4 Å². The Kier molecular flexibility index (Phi) is 6.42. The lowest BCUT2D eigenvalue weighted by Gasteiger charge is -2.09. The van der Waals surface area contributed by atoms with Gasteiger partial charge in [0.25, 0.3) is 5.56 Å². The van der Waals surface area contributed by atoms with Gasteiger partial charge in [0, 0.05) is 16.6 Å². The van der Waals surface area contributed by atoms with Crippen LogP contribution in [0.3, 0.4) is 0 Å². The van der Waals surface area contributed by atoms with Gasteiger partial charge in [-0.2, -0.15) is 0 Å². The highest BCUT2D eigenvalue weighted by Gasteiger charge is 2.15. The SMILES string of the molecule is COC(=O)c1ccc(NC(=O)Cn2cnc3scc(-c4ccc(-c5ccccc5)cc4)c3c2=O)cc1. The average molecular weight is 496 g/mol. The van der Waals surface area contributed by atoms with Crippen LogP contribution in [0.4, 0.5) is 5.69 Å². The molecule has 0 aliphatic heterocycles. The Morgan fingerprint density at radius 2 is 1.58 bits per heavy atom. The molecule has 0 aliphatic carbocycles. The summed E-state index contributed by atoms with van der Waals surface area (Å²) in [5.41, 5.74) is 4.51. The number of hydrogen-bond donors (Lipinski definition) is 1. The number of esters is 1. The van der Waals surface area contributed by atoms with Crippen LogP contribution in [0.15, 0.2) is 95.4 Å². The van der Waals surface area contributed by atoms with Crippen molar-refractivity contribution < 1.29 is 14.3 Å². The molecule has 0 radical (unpaired) electrons. The number of carbonyl (C=O) groups is 2. The first-order valence-corrected chi connectivity index (χ1v) is 12.0. The zero-order valence-corrected chi connectivity index (χ0v) is 20.1. The molecule has 0 unspecified atom stereocenters. The Hall–Kier alpha value is -4.56. The summed E-state index contributed by atoms with van der Waals surface area (Å²) in [7, 11) is 1.30. The quantitative estimate of drug-likeness (QED) is 0.326. The number of thiophene rings is 1. The maximum atomic E-state index is 13.3. The topological polar surface area (TPSA) is 90.3 Å². The molecule has 36 heavy (non-hydrogen) atoms. The second-order valence-corrected chi connectivity index (χ2v) is 8.93. The number of anilines is 1. The van der Waals surface area contributed by atoms with Gasteiger partial charge in [0.1, 0.15) is 11.4 Å². The van der Waals surface area contributed by atoms with E-state index in [9.17, 15) is 14.4 Å². The van der Waals surface area contributed by atoms with Crippen molar-refractivity contribution in [1.29, 1.82) is 0 Å². The molecule has 178 valence electrons. The van der Waals surface area contributed by atoms with Crippen molar-refractivity contribution in [2.45, 2.75) is 6.54 Å². The molecule has 0 saturated carbocycles. The van der Waals surface area contributed by atoms with Gasteiger partial charge in [-0.3, -0.25) is 14.2 Å². The average Bonchev–Trinajstić information content (AvgIpc) is 3.36. The molecule has 1 amide bonds. The van der Waals surface area contributed by atoms with Crippen LogP contribution in [0.5, 0.6) is 0 Å². The second-order valence-electron chi connectivity index (χ2n) is 8.07. The second kappa shape index (κ2) is 9.97. The highest BCUT2D eigenvalue weighted by atomic mass is 32.1. The van der Waals surface area contributed by atoms with Crippen molar-refractivity contribution in [3.8, 4) is 22.3 Å². The molecular weight excluding hydrogens is 474 g/mol. The van der Waals surface area contributed by atoms with Crippen molar-refractivity contribution >= 4 is 39.1 Å². The minimum atomic E-state index is -0.458. The van der Waals surface area contributed by atoms with E-state index < -0.39 is 5.97 Å². The third-order valence-electron chi connectivity index (χ3n) is 5.77. The summed E-state index contributed by atoms with van der Waals surface area (Å²) < 4.78 is 5.98. The number of aromatic nitrogens is 2. The van der Waals surface area contributed by atoms with Crippen LogP contribution in [0, 0.1) is 0 Å². The van der Waals surface area contributed by atoms with Gasteiger partial charge >= 0.3 is 5.97 Å². The Labute approximate surface area is 210 Å². The smallest absolute Gasteiger partial charge is 0.337 e. The fraction of sp³-hybridized carbons (Fsp3) is 0.0714. The van der Waals surface area contributed by atoms with E-state index in [4.69, 9.17) is 0 Å². The summed E-state index contributed by atoms with van der Waals surface area (Å²) in [5.74, 6) is -0.840. The van der Waals surface area contributed by atoms with Crippen molar-refractivity contribution in [1.82, 2.24) is 9.55 Å². The molecule has 5 aromatic rings. The molecule has 0 saturated heterocycles. The predicted molar refractivity (Wildman–Crippen MR) is 141 cm³/mol. The predicted octanol–water partition coefficient (Wildman–Crippen LogP) is 5.22. The van der Waals surface area contributed by atoms with Crippen LogP contribution >= 0.6 is 11.3 Å². The molecule has 1 N–H and O–H groups in total. The molecule has 2 aromatic heterocycles. The lowest BCUT2D eigenvalue weighted by Crippen LogP contribution is -2.27. The molecule has 5 rings (SSSR count). The summed E-state index contributed by atoms with van der Waals surface area (Å²) in [4.78, 5) is 42.5. The zero-order valence-electron chi connectivity index (χ0n) is 19.3. The Morgan fingerprint density at radius 3 is 2.28 bits per heavy atom. The van der Waals surface area contributed by atoms with Crippen LogP contribution in [0.2, 0.25) is 0 Å². The molecule has 8 heteroatoms. The lowest BCUT2D eigenvalue weighted by atomic mass is 10.0. The third kappa shape index (κ3) is 4.67. The maximum Gasteiger partial charge on any atom is 0.337 e. The van der Waals surface area contributed by atoms with Gasteiger partial charge in [-0.15, -0.1) is 11.3 Å².